The van der Waals surface area contributed by atoms with Gasteiger partial charge in [0.1, 0.15) is 12.4 Å². The van der Waals surface area contributed by atoms with Gasteiger partial charge in [-0.15, -0.1) is 0 Å². The zero-order valence-electron chi connectivity index (χ0n) is 14.6. The Hall–Kier alpha value is -3.36. The van der Waals surface area contributed by atoms with Crippen molar-refractivity contribution in [3.8, 4) is 5.75 Å². The number of aromatic nitrogens is 4. The lowest BCUT2D eigenvalue weighted by Gasteiger charge is -2.09. The number of imidazole rings is 1. The molecule has 2 aromatic heterocycles. The summed E-state index contributed by atoms with van der Waals surface area (Å²) in [6.07, 6.45) is 1.51. The summed E-state index contributed by atoms with van der Waals surface area (Å²) >= 11 is 0. The van der Waals surface area contributed by atoms with Crippen molar-refractivity contribution in [2.45, 2.75) is 6.54 Å². The van der Waals surface area contributed by atoms with E-state index in [4.69, 9.17) is 4.74 Å². The van der Waals surface area contributed by atoms with Crippen LogP contribution < -0.4 is 16.0 Å². The molecule has 0 bridgehead atoms. The molecule has 1 aromatic carbocycles. The highest BCUT2D eigenvalue weighted by Crippen LogP contribution is 2.13. The molecule has 0 saturated carbocycles. The minimum atomic E-state index is -0.422. The first kappa shape index (κ1) is 17.5. The first-order chi connectivity index (χ1) is 12.4. The van der Waals surface area contributed by atoms with E-state index in [9.17, 15) is 14.4 Å². The first-order valence-corrected chi connectivity index (χ1v) is 7.86. The van der Waals surface area contributed by atoms with E-state index in [2.05, 4.69) is 9.72 Å². The quantitative estimate of drug-likeness (QED) is 0.609. The Morgan fingerprint density at radius 1 is 1.12 bits per heavy atom. The van der Waals surface area contributed by atoms with E-state index in [0.717, 1.165) is 4.57 Å². The highest BCUT2D eigenvalue weighted by Gasteiger charge is 2.14. The van der Waals surface area contributed by atoms with Gasteiger partial charge in [0.25, 0.3) is 5.56 Å². The summed E-state index contributed by atoms with van der Waals surface area (Å²) in [6, 6.07) is 6.56. The van der Waals surface area contributed by atoms with Gasteiger partial charge >= 0.3 is 11.7 Å². The number of fused-ring (bicyclic) bond motifs is 1. The van der Waals surface area contributed by atoms with Crippen LogP contribution in [0.1, 0.15) is 10.4 Å². The van der Waals surface area contributed by atoms with E-state index in [0.29, 0.717) is 29.0 Å². The van der Waals surface area contributed by atoms with Crippen molar-refractivity contribution < 1.29 is 14.3 Å². The summed E-state index contributed by atoms with van der Waals surface area (Å²) < 4.78 is 14.3. The van der Waals surface area contributed by atoms with Crippen LogP contribution in [0.15, 0.2) is 40.2 Å². The van der Waals surface area contributed by atoms with Crippen LogP contribution in [-0.2, 0) is 25.4 Å². The zero-order valence-corrected chi connectivity index (χ0v) is 14.6. The Balaban J connectivity index is 1.76. The lowest BCUT2D eigenvalue weighted by atomic mass is 10.2. The maximum absolute atomic E-state index is 12.4. The summed E-state index contributed by atoms with van der Waals surface area (Å²) in [4.78, 5) is 39.8. The number of hydrogen-bond donors (Lipinski definition) is 0. The molecule has 136 valence electrons. The molecule has 0 fully saturated rings. The van der Waals surface area contributed by atoms with Gasteiger partial charge in [-0.2, -0.15) is 0 Å². The van der Waals surface area contributed by atoms with Crippen molar-refractivity contribution in [1.29, 1.82) is 0 Å². The van der Waals surface area contributed by atoms with Crippen LogP contribution in [-0.4, -0.2) is 38.4 Å². The fourth-order valence-corrected chi connectivity index (χ4v) is 2.63. The van der Waals surface area contributed by atoms with Crippen molar-refractivity contribution in [2.75, 3.05) is 13.7 Å². The maximum Gasteiger partial charge on any atom is 0.337 e. The number of benzene rings is 1. The Kier molecular flexibility index (Phi) is 4.61. The third-order valence-corrected chi connectivity index (χ3v) is 4.09. The van der Waals surface area contributed by atoms with Crippen molar-refractivity contribution in [3.05, 3.63) is 57.0 Å². The van der Waals surface area contributed by atoms with E-state index < -0.39 is 17.2 Å². The second-order valence-electron chi connectivity index (χ2n) is 5.68. The molecular weight excluding hydrogens is 340 g/mol. The minimum Gasteiger partial charge on any atom is -0.492 e. The third kappa shape index (κ3) is 2.99. The molecule has 0 aliphatic heterocycles. The monoisotopic (exact) mass is 358 g/mol. The average molecular weight is 358 g/mol. The van der Waals surface area contributed by atoms with Crippen LogP contribution in [0.25, 0.3) is 11.2 Å². The Labute approximate surface area is 148 Å². The SMILES string of the molecule is COC(=O)c1ccc(OCCn2cnc3c2c(=O)n(C)c(=O)n3C)cc1. The third-order valence-electron chi connectivity index (χ3n) is 4.09. The van der Waals surface area contributed by atoms with Gasteiger partial charge in [0.05, 0.1) is 25.5 Å². The number of esters is 1. The molecule has 0 amide bonds. The Morgan fingerprint density at radius 2 is 1.81 bits per heavy atom. The molecule has 0 unspecified atom stereocenters. The van der Waals surface area contributed by atoms with Crippen molar-refractivity contribution in [2.24, 2.45) is 14.1 Å². The molecule has 3 rings (SSSR count). The average Bonchev–Trinajstić information content (AvgIpc) is 3.08. The number of rotatable bonds is 5. The van der Waals surface area contributed by atoms with Crippen molar-refractivity contribution in [1.82, 2.24) is 18.7 Å². The van der Waals surface area contributed by atoms with Gasteiger partial charge in [0.15, 0.2) is 11.2 Å². The van der Waals surface area contributed by atoms with Crippen LogP contribution >= 0.6 is 0 Å². The van der Waals surface area contributed by atoms with E-state index in [1.54, 1.807) is 35.9 Å². The zero-order chi connectivity index (χ0) is 18.8. The summed E-state index contributed by atoms with van der Waals surface area (Å²) in [7, 11) is 4.32. The molecule has 0 spiro atoms. The largest absolute Gasteiger partial charge is 0.492 e. The van der Waals surface area contributed by atoms with Crippen LogP contribution in [0.5, 0.6) is 5.75 Å². The van der Waals surface area contributed by atoms with Gasteiger partial charge in [0.2, 0.25) is 0 Å². The van der Waals surface area contributed by atoms with Gasteiger partial charge < -0.3 is 14.0 Å². The number of hydrogen-bond acceptors (Lipinski definition) is 6. The molecular formula is C17H18N4O5. The van der Waals surface area contributed by atoms with Gasteiger partial charge in [-0.1, -0.05) is 0 Å². The van der Waals surface area contributed by atoms with E-state index >= 15 is 0 Å². The van der Waals surface area contributed by atoms with E-state index in [1.165, 1.54) is 25.1 Å². The second kappa shape index (κ2) is 6.87. The predicted molar refractivity (Wildman–Crippen MR) is 93.5 cm³/mol. The molecule has 2 heterocycles. The smallest absolute Gasteiger partial charge is 0.337 e. The normalized spacial score (nSPS) is 10.9. The van der Waals surface area contributed by atoms with Crippen molar-refractivity contribution in [3.63, 3.8) is 0 Å². The maximum atomic E-state index is 12.4. The Bertz CT molecular complexity index is 1080. The predicted octanol–water partition coefficient (Wildman–Crippen LogP) is 0.299. The topological polar surface area (TPSA) is 97.3 Å². The fourth-order valence-electron chi connectivity index (χ4n) is 2.63. The van der Waals surface area contributed by atoms with E-state index in [-0.39, 0.29) is 6.61 Å². The van der Waals surface area contributed by atoms with E-state index in [1.807, 2.05) is 0 Å². The number of aryl methyl sites for hydroxylation is 1. The van der Waals surface area contributed by atoms with Gasteiger partial charge in [-0.05, 0) is 24.3 Å². The number of ether oxygens (including phenoxy) is 2. The van der Waals surface area contributed by atoms with Gasteiger partial charge in [-0.3, -0.25) is 13.9 Å². The molecule has 0 N–H and O–H groups in total. The highest BCUT2D eigenvalue weighted by molar-refractivity contribution is 5.89. The number of carbonyl (C=O) groups is 1. The summed E-state index contributed by atoms with van der Waals surface area (Å²) in [6.45, 7) is 0.664. The van der Waals surface area contributed by atoms with Crippen molar-refractivity contribution >= 4 is 17.1 Å². The molecule has 0 atom stereocenters. The molecule has 0 saturated heterocycles. The standard InChI is InChI=1S/C17H18N4O5/c1-19-14-13(15(22)20(2)17(19)24)21(10-18-14)8-9-26-12-6-4-11(5-7-12)16(23)25-3/h4-7,10H,8-9H2,1-3H3. The summed E-state index contributed by atoms with van der Waals surface area (Å²) in [5, 5.41) is 0. The first-order valence-electron chi connectivity index (χ1n) is 7.86. The lowest BCUT2D eigenvalue weighted by molar-refractivity contribution is 0.0600. The Morgan fingerprint density at radius 3 is 2.46 bits per heavy atom. The summed E-state index contributed by atoms with van der Waals surface area (Å²) in [5.41, 5.74) is 0.294. The lowest BCUT2D eigenvalue weighted by Crippen LogP contribution is -2.37. The van der Waals surface area contributed by atoms with Gasteiger partial charge in [0, 0.05) is 14.1 Å². The van der Waals surface area contributed by atoms with Crippen LogP contribution in [0.2, 0.25) is 0 Å². The molecule has 9 nitrogen and oxygen atoms in total. The second-order valence-corrected chi connectivity index (χ2v) is 5.68. The van der Waals surface area contributed by atoms with Gasteiger partial charge in [-0.25, -0.2) is 14.6 Å². The molecule has 3 aromatic rings. The molecule has 0 aliphatic rings. The minimum absolute atomic E-state index is 0.287. The number of carbonyl (C=O) groups excluding carboxylic acids is 1. The summed E-state index contributed by atoms with van der Waals surface area (Å²) in [5.74, 6) is 0.172. The molecule has 0 radical (unpaired) electrons. The molecule has 26 heavy (non-hydrogen) atoms. The van der Waals surface area contributed by atoms with Crippen LogP contribution in [0.4, 0.5) is 0 Å². The molecule has 9 heteroatoms. The van der Waals surface area contributed by atoms with Crippen LogP contribution in [0.3, 0.4) is 0 Å². The highest BCUT2D eigenvalue weighted by atomic mass is 16.5. The fraction of sp³-hybridized carbons (Fsp3) is 0.294. The number of methoxy groups -OCH3 is 1. The number of nitrogens with zero attached hydrogens (tertiary/aromatic N) is 4. The molecule has 0 aliphatic carbocycles. The van der Waals surface area contributed by atoms with Crippen LogP contribution in [0, 0.1) is 0 Å².